The number of urea groups is 4. The second-order valence-electron chi connectivity index (χ2n) is 15.6. The standard InChI is InChI=1S/C42H57N13O6S2/c1-28-11-13-32(34(21-28)53-16-7-5-8-17-53)49-39(59)51-40-47-30(26-62-40)23-45-38(58)46-25-36(56)61-55(42-48-31(27-63-42)24-44-37(57)43-15-20-52(3)4)41(60)50-33-14-12-29(2)22-35(33)54-18-9-6-10-19-54/h11-14,21-22,26-27H,5-10,15-20,23-25H2,1-4H3,(H,50,60)(H2,43,44,57)(H2,45,46,58)(H2,47,49,51,59). The summed E-state index contributed by atoms with van der Waals surface area (Å²) in [6.07, 6.45) is 6.62. The van der Waals surface area contributed by atoms with E-state index < -0.39 is 30.6 Å². The number of amides is 8. The molecular weight excluding hydrogens is 847 g/mol. The summed E-state index contributed by atoms with van der Waals surface area (Å²) in [6.45, 7) is 8.17. The molecule has 2 aliphatic rings. The number of benzene rings is 2. The molecular formula is C42H57N13O6S2. The zero-order chi connectivity index (χ0) is 44.7. The van der Waals surface area contributed by atoms with Crippen molar-refractivity contribution in [2.45, 2.75) is 65.5 Å². The summed E-state index contributed by atoms with van der Waals surface area (Å²) in [7, 11) is 3.81. The van der Waals surface area contributed by atoms with Gasteiger partial charge in [-0.2, -0.15) is 0 Å². The van der Waals surface area contributed by atoms with E-state index in [2.05, 4.69) is 63.1 Å². The molecule has 0 aliphatic carbocycles. The first kappa shape index (κ1) is 46.3. The number of likely N-dealkylation sites (N-methyl/N-ethyl adjacent to an activating group) is 1. The van der Waals surface area contributed by atoms with Gasteiger partial charge in [-0.1, -0.05) is 17.2 Å². The smallest absolute Gasteiger partial charge is 0.362 e. The van der Waals surface area contributed by atoms with Gasteiger partial charge in [0.1, 0.15) is 6.54 Å². The van der Waals surface area contributed by atoms with E-state index in [-0.39, 0.29) is 24.3 Å². The zero-order valence-corrected chi connectivity index (χ0v) is 37.8. The summed E-state index contributed by atoms with van der Waals surface area (Å²) < 4.78 is 0. The van der Waals surface area contributed by atoms with Gasteiger partial charge in [0.2, 0.25) is 5.13 Å². The van der Waals surface area contributed by atoms with Crippen LogP contribution < -0.4 is 52.1 Å². The van der Waals surface area contributed by atoms with E-state index in [0.717, 1.165) is 97.2 Å². The second-order valence-corrected chi connectivity index (χ2v) is 17.3. The maximum absolute atomic E-state index is 13.9. The van der Waals surface area contributed by atoms with Crippen LogP contribution in [-0.2, 0) is 22.7 Å². The molecule has 2 saturated heterocycles. The molecule has 4 aromatic rings. The molecule has 2 aromatic carbocycles. The highest BCUT2D eigenvalue weighted by atomic mass is 32.1. The number of carbonyl (C=O) groups is 5. The first-order valence-corrected chi connectivity index (χ1v) is 22.8. The van der Waals surface area contributed by atoms with Gasteiger partial charge in [0, 0.05) is 50.0 Å². The molecule has 0 spiro atoms. The first-order chi connectivity index (χ1) is 30.4. The molecule has 2 aliphatic heterocycles. The van der Waals surface area contributed by atoms with Gasteiger partial charge in [0.25, 0.3) is 0 Å². The molecule has 6 rings (SSSR count). The molecule has 21 heteroatoms. The van der Waals surface area contributed by atoms with E-state index in [0.29, 0.717) is 41.0 Å². The van der Waals surface area contributed by atoms with Crippen LogP contribution in [0.1, 0.15) is 61.0 Å². The van der Waals surface area contributed by atoms with Crippen molar-refractivity contribution in [1.82, 2.24) is 36.1 Å². The second kappa shape index (κ2) is 22.8. The number of hydrogen-bond acceptors (Lipinski definition) is 13. The quantitative estimate of drug-likeness (QED) is 0.0667. The lowest BCUT2D eigenvalue weighted by Gasteiger charge is -2.31. The maximum atomic E-state index is 13.9. The molecule has 2 aromatic heterocycles. The number of nitrogens with one attached hydrogen (secondary N) is 7. The van der Waals surface area contributed by atoms with Crippen LogP contribution in [-0.4, -0.2) is 105 Å². The fraction of sp³-hybridized carbons (Fsp3) is 0.452. The van der Waals surface area contributed by atoms with E-state index in [1.54, 1.807) is 10.8 Å². The van der Waals surface area contributed by atoms with Crippen LogP contribution in [0.2, 0.25) is 0 Å². The number of hydroxylamine groups is 1. The number of carbonyl (C=O) groups excluding carboxylic acids is 5. The lowest BCUT2D eigenvalue weighted by molar-refractivity contribution is -0.142. The number of aromatic nitrogens is 2. The van der Waals surface area contributed by atoms with Crippen molar-refractivity contribution in [3.05, 3.63) is 69.7 Å². The highest BCUT2D eigenvalue weighted by Crippen LogP contribution is 2.32. The number of rotatable bonds is 15. The molecule has 0 bridgehead atoms. The van der Waals surface area contributed by atoms with E-state index in [9.17, 15) is 24.0 Å². The minimum Gasteiger partial charge on any atom is -0.370 e. The summed E-state index contributed by atoms with van der Waals surface area (Å²) in [5.74, 6) is -0.946. The Morgan fingerprint density at radius 2 is 1.22 bits per heavy atom. The molecule has 7 N–H and O–H groups in total. The lowest BCUT2D eigenvalue weighted by Crippen LogP contribution is -2.43. The van der Waals surface area contributed by atoms with Gasteiger partial charge in [-0.15, -0.1) is 22.7 Å². The Hall–Kier alpha value is -6.19. The molecule has 19 nitrogen and oxygen atoms in total. The van der Waals surface area contributed by atoms with Gasteiger partial charge in [-0.25, -0.2) is 33.9 Å². The highest BCUT2D eigenvalue weighted by molar-refractivity contribution is 7.14. The van der Waals surface area contributed by atoms with Gasteiger partial charge < -0.3 is 51.4 Å². The Bertz CT molecular complexity index is 2200. The third kappa shape index (κ3) is 14.2. The Morgan fingerprint density at radius 3 is 1.83 bits per heavy atom. The van der Waals surface area contributed by atoms with Crippen LogP contribution in [0.5, 0.6) is 0 Å². The average molecular weight is 904 g/mol. The minimum atomic E-state index is -0.946. The third-order valence-corrected chi connectivity index (χ3v) is 11.8. The molecule has 338 valence electrons. The van der Waals surface area contributed by atoms with E-state index in [1.165, 1.54) is 17.8 Å². The number of piperidine rings is 2. The highest BCUT2D eigenvalue weighted by Gasteiger charge is 2.27. The van der Waals surface area contributed by atoms with Crippen molar-refractivity contribution in [1.29, 1.82) is 0 Å². The van der Waals surface area contributed by atoms with E-state index in [4.69, 9.17) is 4.84 Å². The summed E-state index contributed by atoms with van der Waals surface area (Å²) in [6, 6.07) is 9.36. The Kier molecular flexibility index (Phi) is 16.7. The molecule has 0 saturated carbocycles. The van der Waals surface area contributed by atoms with Crippen LogP contribution in [0.3, 0.4) is 0 Å². The van der Waals surface area contributed by atoms with Gasteiger partial charge in [0.15, 0.2) is 5.13 Å². The van der Waals surface area contributed by atoms with Gasteiger partial charge in [0.05, 0.1) is 47.2 Å². The van der Waals surface area contributed by atoms with Crippen molar-refractivity contribution in [2.75, 3.05) is 90.7 Å². The van der Waals surface area contributed by atoms with Crippen LogP contribution in [0.25, 0.3) is 0 Å². The summed E-state index contributed by atoms with van der Waals surface area (Å²) in [5, 5.41) is 23.7. The first-order valence-electron chi connectivity index (χ1n) is 21.1. The largest absolute Gasteiger partial charge is 0.370 e. The van der Waals surface area contributed by atoms with Crippen molar-refractivity contribution < 1.29 is 28.8 Å². The molecule has 63 heavy (non-hydrogen) atoms. The third-order valence-electron chi connectivity index (χ3n) is 10.2. The number of aryl methyl sites for hydroxylation is 2. The van der Waals surface area contributed by atoms with Gasteiger partial charge in [-0.3, -0.25) is 5.32 Å². The van der Waals surface area contributed by atoms with Crippen molar-refractivity contribution in [3.63, 3.8) is 0 Å². The monoisotopic (exact) mass is 903 g/mol. The van der Waals surface area contributed by atoms with E-state index >= 15 is 0 Å². The number of thiazole rings is 2. The van der Waals surface area contributed by atoms with Crippen LogP contribution in [0.15, 0.2) is 47.2 Å². The Morgan fingerprint density at radius 1 is 0.667 bits per heavy atom. The van der Waals surface area contributed by atoms with Crippen molar-refractivity contribution in [2.24, 2.45) is 0 Å². The molecule has 0 atom stereocenters. The Balaban J connectivity index is 1.03. The molecule has 0 radical (unpaired) electrons. The predicted molar refractivity (Wildman–Crippen MR) is 248 cm³/mol. The normalized spacial score (nSPS) is 13.8. The fourth-order valence-electron chi connectivity index (χ4n) is 6.93. The number of nitrogens with zero attached hydrogens (tertiary/aromatic N) is 6. The fourth-order valence-corrected chi connectivity index (χ4v) is 8.40. The maximum Gasteiger partial charge on any atom is 0.362 e. The van der Waals surface area contributed by atoms with Crippen LogP contribution in [0.4, 0.5) is 52.2 Å². The summed E-state index contributed by atoms with van der Waals surface area (Å²) in [4.78, 5) is 86.1. The summed E-state index contributed by atoms with van der Waals surface area (Å²) >= 11 is 2.24. The van der Waals surface area contributed by atoms with E-state index in [1.807, 2.05) is 63.2 Å². The van der Waals surface area contributed by atoms with Gasteiger partial charge >= 0.3 is 30.1 Å². The topological polar surface area (TPSA) is 218 Å². The SMILES string of the molecule is Cc1ccc(NC(=O)Nc2nc(CNC(=O)NCC(=O)ON(C(=O)Nc3ccc(C)cc3N3CCCCC3)c3nc(CNC(=O)NCCN(C)C)cs3)cs2)c(N2CCCCC2)c1. The van der Waals surface area contributed by atoms with Gasteiger partial charge in [-0.05, 0) is 102 Å². The van der Waals surface area contributed by atoms with Crippen LogP contribution >= 0.6 is 22.7 Å². The lowest BCUT2D eigenvalue weighted by atomic mass is 10.1. The number of hydrogen-bond donors (Lipinski definition) is 7. The molecule has 8 amide bonds. The number of anilines is 6. The minimum absolute atomic E-state index is 0.00574. The molecule has 0 unspecified atom stereocenters. The zero-order valence-electron chi connectivity index (χ0n) is 36.2. The molecule has 2 fully saturated rings. The van der Waals surface area contributed by atoms with Crippen molar-refractivity contribution >= 4 is 85.8 Å². The molecule has 4 heterocycles. The average Bonchev–Trinajstić information content (AvgIpc) is 3.94. The Labute approximate surface area is 375 Å². The van der Waals surface area contributed by atoms with Crippen LogP contribution in [0, 0.1) is 13.8 Å². The predicted octanol–water partition coefficient (Wildman–Crippen LogP) is 6.20. The summed E-state index contributed by atoms with van der Waals surface area (Å²) in [5.41, 5.74) is 6.15. The van der Waals surface area contributed by atoms with Crippen molar-refractivity contribution in [3.8, 4) is 0 Å².